The zero-order valence-corrected chi connectivity index (χ0v) is 21.4. The third-order valence-electron chi connectivity index (χ3n) is 6.64. The van der Waals surface area contributed by atoms with E-state index in [0.717, 1.165) is 28.5 Å². The minimum Gasteiger partial charge on any atom is -0.350 e. The maximum atomic E-state index is 13.5. The summed E-state index contributed by atoms with van der Waals surface area (Å²) < 4.78 is 37.0. The van der Waals surface area contributed by atoms with Crippen molar-refractivity contribution in [2.45, 2.75) is 24.0 Å². The largest absolute Gasteiger partial charge is 0.350 e. The Morgan fingerprint density at radius 2 is 1.50 bits per heavy atom. The number of carbonyl (C=O) groups is 2. The highest BCUT2D eigenvalue weighted by atomic mass is 32.2. The molecule has 0 spiro atoms. The molecule has 1 N–H and O–H groups in total. The van der Waals surface area contributed by atoms with Gasteiger partial charge in [-0.1, -0.05) is 66.7 Å². The molecule has 1 aliphatic rings. The van der Waals surface area contributed by atoms with Crippen molar-refractivity contribution in [3.63, 3.8) is 0 Å². The molecule has 2 amide bonds. The molecule has 192 valence electrons. The Morgan fingerprint density at radius 3 is 2.18 bits per heavy atom. The second kappa shape index (κ2) is 10.2. The summed E-state index contributed by atoms with van der Waals surface area (Å²) in [5.41, 5.74) is 4.32. The van der Waals surface area contributed by atoms with E-state index in [4.69, 9.17) is 0 Å². The minimum absolute atomic E-state index is 0.176. The quantitative estimate of drug-likeness (QED) is 0.370. The molecule has 5 rings (SSSR count). The van der Waals surface area contributed by atoms with Crippen molar-refractivity contribution in [1.82, 2.24) is 10.2 Å². The van der Waals surface area contributed by atoms with Gasteiger partial charge in [-0.2, -0.15) is 0 Å². The summed E-state index contributed by atoms with van der Waals surface area (Å²) in [5.74, 6) is -0.916. The maximum Gasteiger partial charge on any atom is 0.255 e. The van der Waals surface area contributed by atoms with Crippen LogP contribution in [-0.4, -0.2) is 31.4 Å². The number of hydrogen-bond acceptors (Lipinski definition) is 4. The van der Waals surface area contributed by atoms with E-state index in [2.05, 4.69) is 5.32 Å². The molecule has 0 aromatic heterocycles. The van der Waals surface area contributed by atoms with E-state index < -0.39 is 15.9 Å². The fraction of sp³-hybridized carbons (Fsp3) is 0.133. The van der Waals surface area contributed by atoms with Crippen molar-refractivity contribution in [1.29, 1.82) is 0 Å². The highest BCUT2D eigenvalue weighted by molar-refractivity contribution is 7.90. The number of nitrogens with zero attached hydrogens (tertiary/aromatic N) is 1. The van der Waals surface area contributed by atoms with Crippen LogP contribution in [0.2, 0.25) is 0 Å². The minimum atomic E-state index is -3.32. The summed E-state index contributed by atoms with van der Waals surface area (Å²) in [4.78, 5) is 28.7. The lowest BCUT2D eigenvalue weighted by Crippen LogP contribution is -2.38. The zero-order chi connectivity index (χ0) is 26.9. The summed E-state index contributed by atoms with van der Waals surface area (Å²) in [6, 6.07) is 26.2. The molecule has 0 aliphatic carbocycles. The first-order valence-corrected chi connectivity index (χ1v) is 13.9. The van der Waals surface area contributed by atoms with Crippen molar-refractivity contribution in [2.75, 3.05) is 6.26 Å². The molecule has 6 nitrogen and oxygen atoms in total. The second-order valence-corrected chi connectivity index (χ2v) is 11.2. The van der Waals surface area contributed by atoms with Gasteiger partial charge in [-0.15, -0.1) is 0 Å². The van der Waals surface area contributed by atoms with Crippen molar-refractivity contribution in [3.05, 3.63) is 125 Å². The molecule has 8 heteroatoms. The molecule has 0 bridgehead atoms. The van der Waals surface area contributed by atoms with Crippen molar-refractivity contribution in [2.24, 2.45) is 0 Å². The van der Waals surface area contributed by atoms with Crippen LogP contribution < -0.4 is 5.32 Å². The highest BCUT2D eigenvalue weighted by Gasteiger charge is 2.41. The zero-order valence-electron chi connectivity index (χ0n) is 20.6. The van der Waals surface area contributed by atoms with Gasteiger partial charge < -0.3 is 10.2 Å². The fourth-order valence-electron chi connectivity index (χ4n) is 4.71. The molecule has 38 heavy (non-hydrogen) atoms. The summed E-state index contributed by atoms with van der Waals surface area (Å²) >= 11 is 0. The van der Waals surface area contributed by atoms with Gasteiger partial charge in [-0.25, -0.2) is 12.8 Å². The van der Waals surface area contributed by atoms with E-state index in [1.165, 1.54) is 24.3 Å². The number of hydrogen-bond donors (Lipinski definition) is 1. The molecule has 1 heterocycles. The molecule has 1 aliphatic heterocycles. The molecular weight excluding hydrogens is 503 g/mol. The normalized spacial score (nSPS) is 14.8. The number of fused-ring (bicyclic) bond motifs is 1. The summed E-state index contributed by atoms with van der Waals surface area (Å²) in [6.45, 7) is 0.359. The second-order valence-electron chi connectivity index (χ2n) is 9.22. The van der Waals surface area contributed by atoms with Gasteiger partial charge in [0, 0.05) is 24.9 Å². The standard InChI is InChI=1S/C30H25FN2O4S/c1-38(36,37)24-16-10-20(11-17-24)18-32-29(34)28-26-8-4-5-9-27(26)30(35)33(28)19-22-6-2-3-7-25(22)21-12-14-23(31)15-13-21/h2-17,28H,18-19H2,1H3,(H,32,34). The lowest BCUT2D eigenvalue weighted by Gasteiger charge is -2.26. The van der Waals surface area contributed by atoms with Gasteiger partial charge in [0.25, 0.3) is 5.91 Å². The number of sulfone groups is 1. The Balaban J connectivity index is 1.42. The van der Waals surface area contributed by atoms with Crippen LogP contribution in [0.3, 0.4) is 0 Å². The van der Waals surface area contributed by atoms with E-state index in [0.29, 0.717) is 11.1 Å². The average molecular weight is 529 g/mol. The number of amides is 2. The van der Waals surface area contributed by atoms with Gasteiger partial charge in [0.15, 0.2) is 9.84 Å². The van der Waals surface area contributed by atoms with Crippen molar-refractivity contribution < 1.29 is 22.4 Å². The van der Waals surface area contributed by atoms with Crippen LogP contribution in [0, 0.1) is 5.82 Å². The Hall–Kier alpha value is -4.30. The van der Waals surface area contributed by atoms with Gasteiger partial charge in [-0.05, 0) is 58.1 Å². The first kappa shape index (κ1) is 25.4. The van der Waals surface area contributed by atoms with E-state index in [1.54, 1.807) is 53.4 Å². The van der Waals surface area contributed by atoms with Crippen LogP contribution in [0.25, 0.3) is 11.1 Å². The highest BCUT2D eigenvalue weighted by Crippen LogP contribution is 2.36. The topological polar surface area (TPSA) is 83.5 Å². The van der Waals surface area contributed by atoms with Crippen LogP contribution in [-0.2, 0) is 27.7 Å². The predicted molar refractivity (Wildman–Crippen MR) is 142 cm³/mol. The lowest BCUT2D eigenvalue weighted by molar-refractivity contribution is -0.125. The monoisotopic (exact) mass is 528 g/mol. The van der Waals surface area contributed by atoms with E-state index >= 15 is 0 Å². The van der Waals surface area contributed by atoms with Gasteiger partial charge in [-0.3, -0.25) is 9.59 Å². The third-order valence-corrected chi connectivity index (χ3v) is 7.77. The van der Waals surface area contributed by atoms with Crippen LogP contribution in [0.5, 0.6) is 0 Å². The molecule has 4 aromatic carbocycles. The number of benzene rings is 4. The Bertz CT molecular complexity index is 1620. The molecule has 0 saturated heterocycles. The first-order chi connectivity index (χ1) is 18.2. The summed E-state index contributed by atoms with van der Waals surface area (Å²) in [7, 11) is -3.32. The molecule has 0 radical (unpaired) electrons. The molecule has 1 atom stereocenters. The number of halogens is 1. The van der Waals surface area contributed by atoms with Gasteiger partial charge in [0.05, 0.1) is 4.90 Å². The van der Waals surface area contributed by atoms with E-state index in [1.807, 2.05) is 24.3 Å². The van der Waals surface area contributed by atoms with Crippen LogP contribution >= 0.6 is 0 Å². The summed E-state index contributed by atoms with van der Waals surface area (Å²) in [5, 5.41) is 2.90. The number of carbonyl (C=O) groups excluding carboxylic acids is 2. The average Bonchev–Trinajstić information content (AvgIpc) is 3.19. The van der Waals surface area contributed by atoms with Gasteiger partial charge >= 0.3 is 0 Å². The SMILES string of the molecule is CS(=O)(=O)c1ccc(CNC(=O)C2c3ccccc3C(=O)N2Cc2ccccc2-c2ccc(F)cc2)cc1. The third kappa shape index (κ3) is 5.08. The first-order valence-electron chi connectivity index (χ1n) is 12.0. The number of rotatable bonds is 7. The van der Waals surface area contributed by atoms with E-state index in [-0.39, 0.29) is 35.6 Å². The Morgan fingerprint density at radius 1 is 0.868 bits per heavy atom. The van der Waals surface area contributed by atoms with Crippen molar-refractivity contribution >= 4 is 21.7 Å². The Kier molecular flexibility index (Phi) is 6.82. The molecule has 0 fully saturated rings. The van der Waals surface area contributed by atoms with E-state index in [9.17, 15) is 22.4 Å². The predicted octanol–water partition coefficient (Wildman–Crippen LogP) is 4.91. The molecular formula is C30H25FN2O4S. The summed E-state index contributed by atoms with van der Waals surface area (Å²) in [6.07, 6.45) is 1.14. The fourth-order valence-corrected chi connectivity index (χ4v) is 5.34. The molecule has 1 unspecified atom stereocenters. The Labute approximate surface area is 220 Å². The molecule has 4 aromatic rings. The van der Waals surface area contributed by atoms with Crippen LogP contribution in [0.4, 0.5) is 4.39 Å². The van der Waals surface area contributed by atoms with Crippen LogP contribution in [0.1, 0.15) is 33.1 Å². The number of nitrogens with one attached hydrogen (secondary N) is 1. The van der Waals surface area contributed by atoms with Gasteiger partial charge in [0.1, 0.15) is 11.9 Å². The van der Waals surface area contributed by atoms with Gasteiger partial charge in [0.2, 0.25) is 5.91 Å². The smallest absolute Gasteiger partial charge is 0.255 e. The lowest BCUT2D eigenvalue weighted by atomic mass is 9.98. The van der Waals surface area contributed by atoms with Crippen molar-refractivity contribution in [3.8, 4) is 11.1 Å². The molecule has 0 saturated carbocycles. The van der Waals surface area contributed by atoms with Crippen LogP contribution in [0.15, 0.2) is 102 Å². The maximum absolute atomic E-state index is 13.5.